The van der Waals surface area contributed by atoms with Gasteiger partial charge in [0.2, 0.25) is 0 Å². The summed E-state index contributed by atoms with van der Waals surface area (Å²) in [4.78, 5) is 13.0. The van der Waals surface area contributed by atoms with E-state index in [2.05, 4.69) is 21.8 Å². The third kappa shape index (κ3) is 3.42. The number of nitrogens with zero attached hydrogens (tertiary/aromatic N) is 2. The van der Waals surface area contributed by atoms with Crippen LogP contribution < -0.4 is 5.32 Å². The van der Waals surface area contributed by atoms with Crippen LogP contribution in [0.3, 0.4) is 0 Å². The maximum atomic E-state index is 12.4. The number of hydrogen-bond donors (Lipinski definition) is 1. The van der Waals surface area contributed by atoms with Gasteiger partial charge in [-0.1, -0.05) is 55.1 Å². The van der Waals surface area contributed by atoms with E-state index in [4.69, 9.17) is 0 Å². The molecule has 0 radical (unpaired) electrons. The fourth-order valence-electron chi connectivity index (χ4n) is 2.13. The van der Waals surface area contributed by atoms with Crippen molar-refractivity contribution < 1.29 is 4.79 Å². The average Bonchev–Trinajstić information content (AvgIpc) is 2.96. The first kappa shape index (κ1) is 14.7. The smallest absolute Gasteiger partial charge is 0.265 e. The first-order valence-electron chi connectivity index (χ1n) is 6.93. The van der Waals surface area contributed by atoms with E-state index in [1.54, 1.807) is 0 Å². The fraction of sp³-hybridized carbons (Fsp3) is 0.400. The molecule has 1 amide bonds. The van der Waals surface area contributed by atoms with Crippen LogP contribution in [0.15, 0.2) is 30.3 Å². The molecular formula is C15H19N3OS. The molecule has 0 aliphatic carbocycles. The van der Waals surface area contributed by atoms with Gasteiger partial charge in [-0.3, -0.25) is 4.79 Å². The monoisotopic (exact) mass is 289 g/mol. The molecule has 1 aromatic heterocycles. The van der Waals surface area contributed by atoms with Crippen LogP contribution in [-0.2, 0) is 6.42 Å². The minimum absolute atomic E-state index is 0.0421. The quantitative estimate of drug-likeness (QED) is 0.887. The molecule has 1 heterocycles. The Morgan fingerprint density at radius 1 is 1.30 bits per heavy atom. The van der Waals surface area contributed by atoms with Gasteiger partial charge < -0.3 is 5.32 Å². The van der Waals surface area contributed by atoms with Crippen LogP contribution in [-0.4, -0.2) is 15.5 Å². The van der Waals surface area contributed by atoms with Gasteiger partial charge in [-0.2, -0.15) is 0 Å². The van der Waals surface area contributed by atoms with Gasteiger partial charge in [0.05, 0.1) is 11.7 Å². The summed E-state index contributed by atoms with van der Waals surface area (Å²) in [5.74, 6) is -0.0702. The SMILES string of the molecule is CCCC(NC(=O)c1snnc1CC)c1ccccc1. The predicted octanol–water partition coefficient (Wildman–Crippen LogP) is 3.37. The van der Waals surface area contributed by atoms with E-state index < -0.39 is 0 Å². The minimum atomic E-state index is -0.0702. The van der Waals surface area contributed by atoms with Gasteiger partial charge >= 0.3 is 0 Å². The summed E-state index contributed by atoms with van der Waals surface area (Å²) >= 11 is 1.16. The van der Waals surface area contributed by atoms with E-state index in [0.29, 0.717) is 4.88 Å². The Morgan fingerprint density at radius 3 is 2.70 bits per heavy atom. The van der Waals surface area contributed by atoms with Crippen molar-refractivity contribution in [1.29, 1.82) is 0 Å². The van der Waals surface area contributed by atoms with Gasteiger partial charge in [-0.25, -0.2) is 0 Å². The van der Waals surface area contributed by atoms with Crippen molar-refractivity contribution in [1.82, 2.24) is 14.9 Å². The zero-order valence-electron chi connectivity index (χ0n) is 11.8. The molecule has 2 rings (SSSR count). The summed E-state index contributed by atoms with van der Waals surface area (Å²) in [6.07, 6.45) is 2.66. The number of carbonyl (C=O) groups is 1. The van der Waals surface area contributed by atoms with Crippen molar-refractivity contribution in [3.8, 4) is 0 Å². The van der Waals surface area contributed by atoms with Crippen LogP contribution in [0.1, 0.15) is 53.7 Å². The number of benzene rings is 1. The molecule has 0 spiro atoms. The van der Waals surface area contributed by atoms with Crippen molar-refractivity contribution in [2.75, 3.05) is 0 Å². The van der Waals surface area contributed by atoms with Crippen molar-refractivity contribution in [3.63, 3.8) is 0 Å². The largest absolute Gasteiger partial charge is 0.344 e. The highest BCUT2D eigenvalue weighted by Crippen LogP contribution is 2.20. The van der Waals surface area contributed by atoms with E-state index in [1.807, 2.05) is 37.3 Å². The zero-order valence-corrected chi connectivity index (χ0v) is 12.6. The van der Waals surface area contributed by atoms with Crippen LogP contribution in [0.25, 0.3) is 0 Å². The summed E-state index contributed by atoms with van der Waals surface area (Å²) < 4.78 is 3.87. The summed E-state index contributed by atoms with van der Waals surface area (Å²) in [5.41, 5.74) is 1.91. The highest BCUT2D eigenvalue weighted by atomic mass is 32.1. The van der Waals surface area contributed by atoms with Gasteiger partial charge in [0, 0.05) is 0 Å². The maximum Gasteiger partial charge on any atom is 0.265 e. The van der Waals surface area contributed by atoms with Gasteiger partial charge in [0.25, 0.3) is 5.91 Å². The Hall–Kier alpha value is -1.75. The minimum Gasteiger partial charge on any atom is -0.344 e. The molecule has 1 N–H and O–H groups in total. The van der Waals surface area contributed by atoms with Crippen molar-refractivity contribution >= 4 is 17.4 Å². The lowest BCUT2D eigenvalue weighted by molar-refractivity contribution is 0.0937. The molecule has 20 heavy (non-hydrogen) atoms. The maximum absolute atomic E-state index is 12.4. The highest BCUT2D eigenvalue weighted by Gasteiger charge is 2.19. The first-order valence-corrected chi connectivity index (χ1v) is 7.70. The van der Waals surface area contributed by atoms with E-state index in [0.717, 1.165) is 42.1 Å². The normalized spacial score (nSPS) is 12.1. The molecule has 1 aromatic carbocycles. The molecular weight excluding hydrogens is 270 g/mol. The van der Waals surface area contributed by atoms with Crippen LogP contribution >= 0.6 is 11.5 Å². The summed E-state index contributed by atoms with van der Waals surface area (Å²) in [6.45, 7) is 4.10. The second kappa shape index (κ2) is 7.14. The van der Waals surface area contributed by atoms with Gasteiger partial charge in [-0.15, -0.1) is 5.10 Å². The van der Waals surface area contributed by atoms with Gasteiger partial charge in [0.15, 0.2) is 0 Å². The molecule has 0 bridgehead atoms. The molecule has 0 fully saturated rings. The number of nitrogens with one attached hydrogen (secondary N) is 1. The topological polar surface area (TPSA) is 54.9 Å². The van der Waals surface area contributed by atoms with E-state index in [1.165, 1.54) is 0 Å². The molecule has 2 aromatic rings. The van der Waals surface area contributed by atoms with Crippen LogP contribution in [0.5, 0.6) is 0 Å². The summed E-state index contributed by atoms with van der Waals surface area (Å²) in [6, 6.07) is 10.1. The standard InChI is InChI=1S/C15H19N3OS/c1-3-8-13(11-9-6-5-7-10-11)16-15(19)14-12(4-2)17-18-20-14/h5-7,9-10,13H,3-4,8H2,1-2H3,(H,16,19). The zero-order chi connectivity index (χ0) is 14.4. The number of hydrogen-bond acceptors (Lipinski definition) is 4. The van der Waals surface area contributed by atoms with E-state index >= 15 is 0 Å². The van der Waals surface area contributed by atoms with Crippen molar-refractivity contribution in [2.45, 2.75) is 39.2 Å². The van der Waals surface area contributed by atoms with Gasteiger partial charge in [-0.05, 0) is 29.9 Å². The Balaban J connectivity index is 2.14. The average molecular weight is 289 g/mol. The molecule has 0 saturated carbocycles. The van der Waals surface area contributed by atoms with Crippen LogP contribution in [0, 0.1) is 0 Å². The number of amides is 1. The lowest BCUT2D eigenvalue weighted by Gasteiger charge is -2.18. The second-order valence-electron chi connectivity index (χ2n) is 4.63. The predicted molar refractivity (Wildman–Crippen MR) is 80.8 cm³/mol. The number of aromatic nitrogens is 2. The van der Waals surface area contributed by atoms with E-state index in [-0.39, 0.29) is 11.9 Å². The molecule has 4 nitrogen and oxygen atoms in total. The lowest BCUT2D eigenvalue weighted by Crippen LogP contribution is -2.28. The molecule has 1 unspecified atom stereocenters. The number of rotatable bonds is 6. The Kier molecular flexibility index (Phi) is 5.24. The molecule has 0 aliphatic rings. The highest BCUT2D eigenvalue weighted by molar-refractivity contribution is 7.08. The Morgan fingerprint density at radius 2 is 2.05 bits per heavy atom. The molecule has 1 atom stereocenters. The molecule has 0 saturated heterocycles. The number of aryl methyl sites for hydroxylation is 1. The first-order chi connectivity index (χ1) is 9.76. The van der Waals surface area contributed by atoms with Crippen LogP contribution in [0.4, 0.5) is 0 Å². The Labute approximate surface area is 123 Å². The van der Waals surface area contributed by atoms with Gasteiger partial charge in [0.1, 0.15) is 4.88 Å². The molecule has 5 heteroatoms. The molecule has 106 valence electrons. The number of carbonyl (C=O) groups excluding carboxylic acids is 1. The summed E-state index contributed by atoms with van der Waals surface area (Å²) in [5, 5.41) is 7.09. The van der Waals surface area contributed by atoms with Crippen molar-refractivity contribution in [2.24, 2.45) is 0 Å². The second-order valence-corrected chi connectivity index (χ2v) is 5.38. The third-order valence-electron chi connectivity index (χ3n) is 3.18. The van der Waals surface area contributed by atoms with Crippen LogP contribution in [0.2, 0.25) is 0 Å². The van der Waals surface area contributed by atoms with Crippen molar-refractivity contribution in [3.05, 3.63) is 46.5 Å². The fourth-order valence-corrected chi connectivity index (χ4v) is 2.79. The summed E-state index contributed by atoms with van der Waals surface area (Å²) in [7, 11) is 0. The lowest BCUT2D eigenvalue weighted by atomic mass is 10.0. The third-order valence-corrected chi connectivity index (χ3v) is 3.95. The molecule has 0 aliphatic heterocycles. The van der Waals surface area contributed by atoms with E-state index in [9.17, 15) is 4.79 Å². The Bertz CT molecular complexity index is 553.